The third-order valence-electron chi connectivity index (χ3n) is 3.70. The molecule has 2 aromatic rings. The van der Waals surface area contributed by atoms with Crippen LogP contribution in [0.4, 0.5) is 5.88 Å². The average Bonchev–Trinajstić information content (AvgIpc) is 2.92. The molecule has 1 saturated heterocycles. The highest BCUT2D eigenvalue weighted by atomic mass is 16.4. The lowest BCUT2D eigenvalue weighted by molar-refractivity contribution is 0.152. The number of anilines is 1. The largest absolute Gasteiger partial charge is 0.419 e. The molecular weight excluding hydrogens is 266 g/mol. The van der Waals surface area contributed by atoms with Crippen LogP contribution >= 0.6 is 0 Å². The minimum atomic E-state index is -0.377. The van der Waals surface area contributed by atoms with Crippen molar-refractivity contribution in [2.24, 2.45) is 0 Å². The van der Waals surface area contributed by atoms with Gasteiger partial charge in [0.05, 0.1) is 6.10 Å². The number of aromatic nitrogens is 1. The van der Waals surface area contributed by atoms with Crippen molar-refractivity contribution in [3.8, 4) is 17.5 Å². The van der Waals surface area contributed by atoms with E-state index in [9.17, 15) is 10.4 Å². The summed E-state index contributed by atoms with van der Waals surface area (Å²) in [7, 11) is 0. The third-order valence-corrected chi connectivity index (χ3v) is 3.70. The Labute approximate surface area is 123 Å². The zero-order valence-electron chi connectivity index (χ0n) is 11.9. The van der Waals surface area contributed by atoms with Crippen LogP contribution in [0.1, 0.15) is 24.1 Å². The standard InChI is InChI=1S/C16H17N3O2/c1-11-4-6-12(7-5-11)15-18-14(9-17)16(21-15)19-8-2-3-13(20)10-19/h4-7,13,20H,2-3,8,10H2,1H3/t13-/m0/s1. The minimum Gasteiger partial charge on any atom is -0.419 e. The normalized spacial score (nSPS) is 18.5. The van der Waals surface area contributed by atoms with Crippen molar-refractivity contribution in [2.45, 2.75) is 25.9 Å². The summed E-state index contributed by atoms with van der Waals surface area (Å²) in [5, 5.41) is 19.0. The number of oxazole rings is 1. The van der Waals surface area contributed by atoms with Gasteiger partial charge in [-0.05, 0) is 31.9 Å². The summed E-state index contributed by atoms with van der Waals surface area (Å²) in [5.74, 6) is 0.911. The van der Waals surface area contributed by atoms with Crippen LogP contribution in [0.25, 0.3) is 11.5 Å². The lowest BCUT2D eigenvalue weighted by Crippen LogP contribution is -2.38. The van der Waals surface area contributed by atoms with E-state index in [-0.39, 0.29) is 11.8 Å². The summed E-state index contributed by atoms with van der Waals surface area (Å²) in [4.78, 5) is 6.18. The van der Waals surface area contributed by atoms with Crippen molar-refractivity contribution in [3.63, 3.8) is 0 Å². The Morgan fingerprint density at radius 3 is 2.81 bits per heavy atom. The minimum absolute atomic E-state index is 0.277. The predicted octanol–water partition coefficient (Wildman–Crippen LogP) is 2.48. The Bertz CT molecular complexity index is 670. The first-order valence-electron chi connectivity index (χ1n) is 7.08. The van der Waals surface area contributed by atoms with Gasteiger partial charge in [0.1, 0.15) is 6.07 Å². The fourth-order valence-corrected chi connectivity index (χ4v) is 2.56. The summed E-state index contributed by atoms with van der Waals surface area (Å²) in [6, 6.07) is 9.90. The van der Waals surface area contributed by atoms with Crippen molar-refractivity contribution in [3.05, 3.63) is 35.5 Å². The fraction of sp³-hybridized carbons (Fsp3) is 0.375. The number of rotatable bonds is 2. The van der Waals surface area contributed by atoms with Gasteiger partial charge in [-0.2, -0.15) is 10.2 Å². The maximum Gasteiger partial charge on any atom is 0.235 e. The predicted molar refractivity (Wildman–Crippen MR) is 78.8 cm³/mol. The molecule has 1 fully saturated rings. The molecule has 1 aliphatic heterocycles. The van der Waals surface area contributed by atoms with E-state index in [2.05, 4.69) is 11.1 Å². The third kappa shape index (κ3) is 2.76. The first-order valence-corrected chi connectivity index (χ1v) is 7.08. The van der Waals surface area contributed by atoms with Crippen molar-refractivity contribution < 1.29 is 9.52 Å². The zero-order valence-corrected chi connectivity index (χ0v) is 11.9. The molecule has 0 radical (unpaired) electrons. The van der Waals surface area contributed by atoms with Gasteiger partial charge in [-0.15, -0.1) is 0 Å². The first kappa shape index (κ1) is 13.7. The van der Waals surface area contributed by atoms with Crippen molar-refractivity contribution in [1.82, 2.24) is 4.98 Å². The molecule has 1 N–H and O–H groups in total. The van der Waals surface area contributed by atoms with Crippen LogP contribution in [-0.2, 0) is 0 Å². The van der Waals surface area contributed by atoms with E-state index < -0.39 is 0 Å². The van der Waals surface area contributed by atoms with Crippen LogP contribution in [-0.4, -0.2) is 29.3 Å². The molecule has 1 aromatic carbocycles. The van der Waals surface area contributed by atoms with Crippen molar-refractivity contribution in [2.75, 3.05) is 18.0 Å². The molecule has 108 valence electrons. The van der Waals surface area contributed by atoms with Crippen LogP contribution in [0.2, 0.25) is 0 Å². The molecule has 21 heavy (non-hydrogen) atoms. The Kier molecular flexibility index (Phi) is 3.63. The number of aliphatic hydroxyl groups excluding tert-OH is 1. The Balaban J connectivity index is 1.95. The van der Waals surface area contributed by atoms with Gasteiger partial charge in [-0.1, -0.05) is 17.7 Å². The molecule has 3 rings (SSSR count). The molecule has 0 unspecified atom stereocenters. The van der Waals surface area contributed by atoms with E-state index in [1.54, 1.807) is 0 Å². The van der Waals surface area contributed by atoms with Gasteiger partial charge >= 0.3 is 0 Å². The van der Waals surface area contributed by atoms with Crippen molar-refractivity contribution in [1.29, 1.82) is 5.26 Å². The summed E-state index contributed by atoms with van der Waals surface area (Å²) in [6.45, 7) is 3.27. The maximum absolute atomic E-state index is 9.77. The van der Waals surface area contributed by atoms with E-state index in [1.165, 1.54) is 0 Å². The molecule has 5 nitrogen and oxygen atoms in total. The number of aliphatic hydroxyl groups is 1. The van der Waals surface area contributed by atoms with Crippen LogP contribution < -0.4 is 4.90 Å². The van der Waals surface area contributed by atoms with Crippen LogP contribution in [0.15, 0.2) is 28.7 Å². The van der Waals surface area contributed by atoms with E-state index in [4.69, 9.17) is 4.42 Å². The number of benzene rings is 1. The summed E-state index contributed by atoms with van der Waals surface area (Å²) >= 11 is 0. The molecule has 1 aliphatic rings. The van der Waals surface area contributed by atoms with Gasteiger partial charge in [0.15, 0.2) is 0 Å². The second-order valence-corrected chi connectivity index (χ2v) is 5.39. The highest BCUT2D eigenvalue weighted by molar-refractivity contribution is 5.60. The number of aryl methyl sites for hydroxylation is 1. The van der Waals surface area contributed by atoms with Gasteiger partial charge in [0, 0.05) is 18.7 Å². The molecule has 1 aromatic heterocycles. The van der Waals surface area contributed by atoms with Gasteiger partial charge in [0.2, 0.25) is 17.5 Å². The zero-order chi connectivity index (χ0) is 14.8. The molecule has 0 bridgehead atoms. The summed E-state index contributed by atoms with van der Waals surface area (Å²) in [5.41, 5.74) is 2.28. The van der Waals surface area contributed by atoms with Crippen LogP contribution in [0.5, 0.6) is 0 Å². The molecule has 5 heteroatoms. The number of nitriles is 1. The van der Waals surface area contributed by atoms with Gasteiger partial charge < -0.3 is 14.4 Å². The summed E-state index contributed by atoms with van der Waals surface area (Å²) in [6.07, 6.45) is 1.29. The molecule has 1 atom stereocenters. The monoisotopic (exact) mass is 283 g/mol. The van der Waals surface area contributed by atoms with E-state index in [1.807, 2.05) is 36.1 Å². The molecular formula is C16H17N3O2. The second-order valence-electron chi connectivity index (χ2n) is 5.39. The Morgan fingerprint density at radius 1 is 1.38 bits per heavy atom. The topological polar surface area (TPSA) is 73.3 Å². The quantitative estimate of drug-likeness (QED) is 0.916. The summed E-state index contributed by atoms with van der Waals surface area (Å²) < 4.78 is 5.80. The Morgan fingerprint density at radius 2 is 2.14 bits per heavy atom. The highest BCUT2D eigenvalue weighted by Gasteiger charge is 2.25. The Hall–Kier alpha value is -2.32. The SMILES string of the molecule is Cc1ccc(-c2nc(C#N)c(N3CCC[C@H](O)C3)o2)cc1. The average molecular weight is 283 g/mol. The lowest BCUT2D eigenvalue weighted by atomic mass is 10.1. The maximum atomic E-state index is 9.77. The molecule has 2 heterocycles. The number of hydrogen-bond acceptors (Lipinski definition) is 5. The van der Waals surface area contributed by atoms with Crippen molar-refractivity contribution >= 4 is 5.88 Å². The highest BCUT2D eigenvalue weighted by Crippen LogP contribution is 2.30. The molecule has 0 spiro atoms. The van der Waals surface area contributed by atoms with Gasteiger partial charge in [-0.3, -0.25) is 0 Å². The second kappa shape index (κ2) is 5.58. The number of nitrogens with zero attached hydrogens (tertiary/aromatic N) is 3. The number of hydrogen-bond donors (Lipinski definition) is 1. The van der Waals surface area contributed by atoms with E-state index in [0.717, 1.165) is 30.5 Å². The smallest absolute Gasteiger partial charge is 0.235 e. The van der Waals surface area contributed by atoms with E-state index >= 15 is 0 Å². The lowest BCUT2D eigenvalue weighted by Gasteiger charge is -2.29. The van der Waals surface area contributed by atoms with Gasteiger partial charge in [0.25, 0.3) is 0 Å². The molecule has 0 saturated carbocycles. The van der Waals surface area contributed by atoms with Gasteiger partial charge in [-0.25, -0.2) is 0 Å². The molecule has 0 aliphatic carbocycles. The van der Waals surface area contributed by atoms with Crippen LogP contribution in [0.3, 0.4) is 0 Å². The van der Waals surface area contributed by atoms with E-state index in [0.29, 0.717) is 18.3 Å². The fourth-order valence-electron chi connectivity index (χ4n) is 2.56. The number of β-amino-alcohol motifs (C(OH)–C–C–N with tert-alkyl or cyclic N) is 1. The van der Waals surface area contributed by atoms with Crippen LogP contribution in [0, 0.1) is 18.3 Å². The number of piperidine rings is 1. The molecule has 0 amide bonds. The first-order chi connectivity index (χ1) is 10.2.